The van der Waals surface area contributed by atoms with Crippen LogP contribution >= 0.6 is 0 Å². The molecule has 4 fully saturated rings. The Kier molecular flexibility index (Phi) is 2.14. The Bertz CT molecular complexity index is 236. The van der Waals surface area contributed by atoms with E-state index in [1.54, 1.807) is 0 Å². The molecule has 4 bridgehead atoms. The maximum Gasteiger partial charge on any atom is 0.247 e. The second-order valence-electron chi connectivity index (χ2n) is 6.81. The fourth-order valence-corrected chi connectivity index (χ4v) is 5.17. The molecule has 83 valence electrons. The summed E-state index contributed by atoms with van der Waals surface area (Å²) in [6.45, 7) is 4.54. The molecule has 0 N–H and O–H groups in total. The highest BCUT2D eigenvalue weighted by Crippen LogP contribution is 2.64. The summed E-state index contributed by atoms with van der Waals surface area (Å²) in [6, 6.07) is 0. The third kappa shape index (κ3) is 1.37. The normalized spacial score (nSPS) is 48.6. The molecular weight excluding hydrogens is 200 g/mol. The van der Waals surface area contributed by atoms with Gasteiger partial charge in [-0.15, -0.1) is 0 Å². The number of hydrogen-bond acceptors (Lipinski definition) is 1. The lowest BCUT2D eigenvalue weighted by Gasteiger charge is -2.62. The van der Waals surface area contributed by atoms with Crippen molar-refractivity contribution >= 4 is 10.5 Å². The van der Waals surface area contributed by atoms with E-state index in [1.165, 1.54) is 38.5 Å². The van der Waals surface area contributed by atoms with Gasteiger partial charge in [0.2, 0.25) is 10.5 Å². The van der Waals surface area contributed by atoms with E-state index in [4.69, 9.17) is 4.43 Å². The van der Waals surface area contributed by atoms with Gasteiger partial charge in [-0.2, -0.15) is 0 Å². The van der Waals surface area contributed by atoms with Crippen LogP contribution < -0.4 is 0 Å². The van der Waals surface area contributed by atoms with E-state index >= 15 is 0 Å². The number of hydrogen-bond donors (Lipinski definition) is 0. The summed E-state index contributed by atoms with van der Waals surface area (Å²) in [5.74, 6) is 3.03. The molecule has 0 aromatic heterocycles. The zero-order chi connectivity index (χ0) is 10.7. The van der Waals surface area contributed by atoms with Gasteiger partial charge in [-0.3, -0.25) is 0 Å². The van der Waals surface area contributed by atoms with Gasteiger partial charge in [0.15, 0.2) is 0 Å². The predicted molar refractivity (Wildman–Crippen MR) is 61.5 cm³/mol. The Morgan fingerprint density at radius 2 is 1.40 bits per heavy atom. The van der Waals surface area contributed by atoms with Gasteiger partial charge in [0.05, 0.1) is 5.60 Å². The highest BCUT2D eigenvalue weighted by atomic mass is 28.2. The zero-order valence-electron chi connectivity index (χ0n) is 9.88. The fraction of sp³-hybridized carbons (Fsp3) is 1.00. The molecule has 2 heteroatoms. The summed E-state index contributed by atoms with van der Waals surface area (Å²) < 4.78 is 5.63. The van der Waals surface area contributed by atoms with Crippen molar-refractivity contribution in [2.24, 2.45) is 23.2 Å². The van der Waals surface area contributed by atoms with Gasteiger partial charge in [-0.1, -0.05) is 0 Å². The van der Waals surface area contributed by atoms with Crippen molar-refractivity contribution in [1.29, 1.82) is 0 Å². The van der Waals surface area contributed by atoms with Crippen molar-refractivity contribution in [3.8, 4) is 0 Å². The topological polar surface area (TPSA) is 9.23 Å². The lowest BCUT2D eigenvalue weighted by atomic mass is 9.46. The Balaban J connectivity index is 1.93. The van der Waals surface area contributed by atoms with Crippen molar-refractivity contribution in [2.45, 2.75) is 58.0 Å². The second kappa shape index (κ2) is 3.10. The number of rotatable bonds is 2. The maximum atomic E-state index is 5.63. The van der Waals surface area contributed by atoms with E-state index in [0.717, 1.165) is 17.8 Å². The van der Waals surface area contributed by atoms with Crippen LogP contribution in [0, 0.1) is 23.2 Å². The molecule has 4 rings (SSSR count). The summed E-state index contributed by atoms with van der Waals surface area (Å²) in [5.41, 5.74) is 0.489. The molecule has 0 aromatic carbocycles. The first-order chi connectivity index (χ1) is 7.05. The average molecular weight is 221 g/mol. The minimum Gasteiger partial charge on any atom is -0.413 e. The van der Waals surface area contributed by atoms with Crippen LogP contribution in [0.25, 0.3) is 0 Å². The van der Waals surface area contributed by atoms with Crippen molar-refractivity contribution in [1.82, 2.24) is 0 Å². The van der Waals surface area contributed by atoms with Gasteiger partial charge in [0.25, 0.3) is 0 Å². The van der Waals surface area contributed by atoms with Crippen LogP contribution in [0.2, 0.25) is 0 Å². The highest BCUT2D eigenvalue weighted by molar-refractivity contribution is 5.98. The Hall–Kier alpha value is 0.177. The molecule has 0 aliphatic heterocycles. The maximum absolute atomic E-state index is 5.63. The monoisotopic (exact) mass is 221 g/mol. The molecule has 0 atom stereocenters. The highest BCUT2D eigenvalue weighted by Gasteiger charge is 2.57. The van der Waals surface area contributed by atoms with Crippen LogP contribution in [0.5, 0.6) is 0 Å². The molecule has 3 radical (unpaired) electrons. The second-order valence-corrected chi connectivity index (χ2v) is 7.01. The van der Waals surface area contributed by atoms with Gasteiger partial charge < -0.3 is 4.43 Å². The smallest absolute Gasteiger partial charge is 0.247 e. The first kappa shape index (κ1) is 10.3. The molecule has 1 nitrogen and oxygen atoms in total. The molecule has 15 heavy (non-hydrogen) atoms. The van der Waals surface area contributed by atoms with Crippen LogP contribution in [0.4, 0.5) is 0 Å². The van der Waals surface area contributed by atoms with Crippen LogP contribution in [0.3, 0.4) is 0 Å². The van der Waals surface area contributed by atoms with E-state index in [-0.39, 0.29) is 5.60 Å². The Labute approximate surface area is 96.5 Å². The molecule has 0 spiro atoms. The molecule has 4 aliphatic carbocycles. The summed E-state index contributed by atoms with van der Waals surface area (Å²) >= 11 is 0. The van der Waals surface area contributed by atoms with Gasteiger partial charge in [0.1, 0.15) is 0 Å². The van der Waals surface area contributed by atoms with Crippen molar-refractivity contribution in [3.63, 3.8) is 0 Å². The minimum atomic E-state index is 0.0138. The first-order valence-corrected chi connectivity index (χ1v) is 6.80. The van der Waals surface area contributed by atoms with E-state index in [0.29, 0.717) is 5.41 Å². The van der Waals surface area contributed by atoms with E-state index in [1.807, 2.05) is 0 Å². The molecule has 4 aliphatic rings. The van der Waals surface area contributed by atoms with Crippen LogP contribution in [-0.4, -0.2) is 16.1 Å². The molecule has 4 saturated carbocycles. The van der Waals surface area contributed by atoms with E-state index in [9.17, 15) is 0 Å². The SMILES string of the molecule is CC(C)(O[Si])C12CC3CC(CC(C3)C1)C2. The fourth-order valence-electron chi connectivity index (χ4n) is 4.96. The van der Waals surface area contributed by atoms with Gasteiger partial charge in [0, 0.05) is 0 Å². The zero-order valence-corrected chi connectivity index (χ0v) is 10.9. The molecular formula is C13H21OSi. The molecule has 0 unspecified atom stereocenters. The minimum absolute atomic E-state index is 0.0138. The summed E-state index contributed by atoms with van der Waals surface area (Å²) in [4.78, 5) is 0. The third-order valence-corrected chi connectivity index (χ3v) is 6.08. The van der Waals surface area contributed by atoms with Crippen LogP contribution in [0.1, 0.15) is 52.4 Å². The summed E-state index contributed by atoms with van der Waals surface area (Å²) in [7, 11) is 3.31. The van der Waals surface area contributed by atoms with Gasteiger partial charge >= 0.3 is 0 Å². The standard InChI is InChI=1S/C13H21OSi/c1-12(2,14-15)13-6-9-3-10(7-13)5-11(4-9)8-13/h9-11H,3-8H2,1-2H3. The van der Waals surface area contributed by atoms with Crippen molar-refractivity contribution in [2.75, 3.05) is 0 Å². The van der Waals surface area contributed by atoms with Crippen LogP contribution in [0.15, 0.2) is 0 Å². The molecule has 0 heterocycles. The molecule has 0 amide bonds. The van der Waals surface area contributed by atoms with Gasteiger partial charge in [-0.05, 0) is 75.5 Å². The largest absolute Gasteiger partial charge is 0.413 e. The van der Waals surface area contributed by atoms with Crippen molar-refractivity contribution in [3.05, 3.63) is 0 Å². The Morgan fingerprint density at radius 3 is 1.73 bits per heavy atom. The lowest BCUT2D eigenvalue weighted by molar-refractivity contribution is -0.148. The Morgan fingerprint density at radius 1 is 1.00 bits per heavy atom. The first-order valence-electron chi connectivity index (χ1n) is 6.39. The average Bonchev–Trinajstić information content (AvgIpc) is 2.15. The van der Waals surface area contributed by atoms with E-state index in [2.05, 4.69) is 24.3 Å². The van der Waals surface area contributed by atoms with Crippen molar-refractivity contribution < 1.29 is 4.43 Å². The lowest BCUT2D eigenvalue weighted by Crippen LogP contribution is -2.56. The van der Waals surface area contributed by atoms with Crippen LogP contribution in [-0.2, 0) is 4.43 Å². The molecule has 0 saturated heterocycles. The van der Waals surface area contributed by atoms with Gasteiger partial charge in [-0.25, -0.2) is 0 Å². The third-order valence-electron chi connectivity index (χ3n) is 5.57. The van der Waals surface area contributed by atoms with E-state index < -0.39 is 0 Å². The molecule has 0 aromatic rings. The summed E-state index contributed by atoms with van der Waals surface area (Å²) in [6.07, 6.45) is 8.77. The summed E-state index contributed by atoms with van der Waals surface area (Å²) in [5, 5.41) is 0. The predicted octanol–water partition coefficient (Wildman–Crippen LogP) is 3.08. The quantitative estimate of drug-likeness (QED) is 0.651.